The molecule has 2 aliphatic rings. The van der Waals surface area contributed by atoms with Gasteiger partial charge in [-0.05, 0) is 59.2 Å². The molecule has 1 heteroatoms. The molecule has 0 bridgehead atoms. The Bertz CT molecular complexity index is 772. The van der Waals surface area contributed by atoms with E-state index in [-0.39, 0.29) is 0 Å². The molecule has 0 aliphatic heterocycles. The molecule has 23 heavy (non-hydrogen) atoms. The van der Waals surface area contributed by atoms with Crippen LogP contribution in [0, 0.1) is 13.8 Å². The molecule has 0 saturated heterocycles. The lowest BCUT2D eigenvalue weighted by atomic mass is 10.0. The summed E-state index contributed by atoms with van der Waals surface area (Å²) in [5.74, 6) is 1.51. The first-order chi connectivity index (χ1) is 11.1. The molecule has 0 aromatic heterocycles. The summed E-state index contributed by atoms with van der Waals surface area (Å²) in [6, 6.07) is 19.3. The van der Waals surface area contributed by atoms with Crippen LogP contribution < -0.4 is 4.74 Å². The number of hydrogen-bond acceptors (Lipinski definition) is 1. The van der Waals surface area contributed by atoms with Crippen molar-refractivity contribution < 1.29 is 4.74 Å². The molecule has 1 aromatic carbocycles. The molecular weight excluding hydrogens is 280 g/mol. The van der Waals surface area contributed by atoms with E-state index in [1.165, 1.54) is 33.4 Å². The Morgan fingerprint density at radius 3 is 2.30 bits per heavy atom. The zero-order valence-electron chi connectivity index (χ0n) is 14.4. The lowest BCUT2D eigenvalue weighted by Gasteiger charge is -2.06. The molecular formula is C22H24O. The topological polar surface area (TPSA) is 9.23 Å². The van der Waals surface area contributed by atoms with Crippen LogP contribution in [0.5, 0.6) is 5.75 Å². The molecule has 1 aromatic rings. The molecule has 0 atom stereocenters. The fraction of sp³-hybridized carbons (Fsp3) is 0.273. The highest BCUT2D eigenvalue weighted by Gasteiger charge is 2.16. The fourth-order valence-electron chi connectivity index (χ4n) is 2.93. The molecule has 0 amide bonds. The van der Waals surface area contributed by atoms with Gasteiger partial charge in [0, 0.05) is 0 Å². The number of rotatable bonds is 4. The molecule has 0 fully saturated rings. The largest absolute Gasteiger partial charge is 0.489 e. The van der Waals surface area contributed by atoms with Gasteiger partial charge in [0.2, 0.25) is 0 Å². The van der Waals surface area contributed by atoms with Gasteiger partial charge in [0.15, 0.2) is 0 Å². The first kappa shape index (κ1) is 15.6. The van der Waals surface area contributed by atoms with Crippen molar-refractivity contribution in [2.75, 3.05) is 0 Å². The third-order valence-corrected chi connectivity index (χ3v) is 4.50. The van der Waals surface area contributed by atoms with Crippen LogP contribution in [0.25, 0.3) is 11.1 Å². The lowest BCUT2D eigenvalue weighted by molar-refractivity contribution is 0.305. The van der Waals surface area contributed by atoms with E-state index in [1.807, 2.05) is 18.2 Å². The van der Waals surface area contributed by atoms with Gasteiger partial charge in [-0.15, -0.1) is 0 Å². The van der Waals surface area contributed by atoms with Crippen LogP contribution in [0.4, 0.5) is 0 Å². The van der Waals surface area contributed by atoms with E-state index in [9.17, 15) is 0 Å². The van der Waals surface area contributed by atoms with Crippen LogP contribution in [0.1, 0.15) is 42.0 Å². The molecule has 2 aliphatic carbocycles. The normalized spacial score (nSPS) is 11.2. The maximum atomic E-state index is 6.09. The molecule has 3 rings (SSSR count). The third kappa shape index (κ3) is 3.24. The smallest absolute Gasteiger partial charge is 0.123 e. The van der Waals surface area contributed by atoms with Crippen LogP contribution in [0.15, 0.2) is 54.6 Å². The van der Waals surface area contributed by atoms with Crippen molar-refractivity contribution in [2.24, 2.45) is 0 Å². The van der Waals surface area contributed by atoms with E-state index in [1.54, 1.807) is 0 Å². The number of benzene rings is 1. The highest BCUT2D eigenvalue weighted by Crippen LogP contribution is 2.39. The van der Waals surface area contributed by atoms with Crippen molar-refractivity contribution in [3.05, 3.63) is 76.9 Å². The van der Waals surface area contributed by atoms with Crippen LogP contribution in [0.2, 0.25) is 0 Å². The first-order valence-electron chi connectivity index (χ1n) is 8.27. The Hall–Kier alpha value is -2.28. The number of fused-ring (bicyclic) bond motifs is 1. The first-order valence-corrected chi connectivity index (χ1v) is 8.27. The number of ether oxygens (including phenoxy) is 1. The predicted molar refractivity (Wildman–Crippen MR) is 97.4 cm³/mol. The molecule has 118 valence electrons. The zero-order valence-corrected chi connectivity index (χ0v) is 14.4. The van der Waals surface area contributed by atoms with Crippen LogP contribution in [-0.4, -0.2) is 0 Å². The second kappa shape index (κ2) is 6.45. The maximum absolute atomic E-state index is 6.09. The Balaban J connectivity index is 1.97. The Kier molecular flexibility index (Phi) is 4.38. The summed E-state index contributed by atoms with van der Waals surface area (Å²) in [7, 11) is 0. The SMILES string of the molecule is Cc1ccc(C(C)C)cc2c(C)c(OCc3ccccc3)cc1-2. The van der Waals surface area contributed by atoms with Gasteiger partial charge in [-0.2, -0.15) is 0 Å². The summed E-state index contributed by atoms with van der Waals surface area (Å²) >= 11 is 0. The van der Waals surface area contributed by atoms with Gasteiger partial charge in [0.25, 0.3) is 0 Å². The van der Waals surface area contributed by atoms with E-state index in [0.717, 1.165) is 5.75 Å². The Morgan fingerprint density at radius 1 is 0.870 bits per heavy atom. The molecule has 0 unspecified atom stereocenters. The summed E-state index contributed by atoms with van der Waals surface area (Å²) in [5, 5.41) is 0. The summed E-state index contributed by atoms with van der Waals surface area (Å²) < 4.78 is 6.09. The highest BCUT2D eigenvalue weighted by atomic mass is 16.5. The molecule has 0 saturated carbocycles. The number of hydrogen-bond donors (Lipinski definition) is 0. The maximum Gasteiger partial charge on any atom is 0.123 e. The van der Waals surface area contributed by atoms with Gasteiger partial charge in [-0.1, -0.05) is 62.4 Å². The summed E-state index contributed by atoms with van der Waals surface area (Å²) in [4.78, 5) is 0. The third-order valence-electron chi connectivity index (χ3n) is 4.50. The van der Waals surface area contributed by atoms with Gasteiger partial charge in [0.05, 0.1) is 0 Å². The summed E-state index contributed by atoms with van der Waals surface area (Å²) in [6.45, 7) is 9.42. The Morgan fingerprint density at radius 2 is 1.61 bits per heavy atom. The van der Waals surface area contributed by atoms with Gasteiger partial charge in [0.1, 0.15) is 12.4 Å². The van der Waals surface area contributed by atoms with Crippen molar-refractivity contribution in [3.8, 4) is 16.9 Å². The number of aryl methyl sites for hydroxylation is 1. The van der Waals surface area contributed by atoms with Gasteiger partial charge in [-0.25, -0.2) is 0 Å². The van der Waals surface area contributed by atoms with Crippen LogP contribution in [0.3, 0.4) is 0 Å². The van der Waals surface area contributed by atoms with Crippen LogP contribution >= 0.6 is 0 Å². The van der Waals surface area contributed by atoms with Gasteiger partial charge >= 0.3 is 0 Å². The highest BCUT2D eigenvalue weighted by molar-refractivity contribution is 5.78. The minimum Gasteiger partial charge on any atom is -0.489 e. The van der Waals surface area contributed by atoms with Gasteiger partial charge in [-0.3, -0.25) is 0 Å². The Labute approximate surface area is 139 Å². The average molecular weight is 304 g/mol. The quantitative estimate of drug-likeness (QED) is 0.565. The summed E-state index contributed by atoms with van der Waals surface area (Å²) in [5.41, 5.74) is 7.69. The fourth-order valence-corrected chi connectivity index (χ4v) is 2.93. The lowest BCUT2D eigenvalue weighted by Crippen LogP contribution is -1.94. The molecule has 0 spiro atoms. The minimum atomic E-state index is 0.521. The molecule has 0 radical (unpaired) electrons. The van der Waals surface area contributed by atoms with E-state index >= 15 is 0 Å². The monoisotopic (exact) mass is 304 g/mol. The van der Waals surface area contributed by atoms with Crippen LogP contribution in [-0.2, 0) is 6.61 Å². The van der Waals surface area contributed by atoms with E-state index in [4.69, 9.17) is 4.74 Å². The predicted octanol–water partition coefficient (Wildman–Crippen LogP) is 6.11. The second-order valence-electron chi connectivity index (χ2n) is 6.55. The molecule has 0 heterocycles. The van der Waals surface area contributed by atoms with Crippen molar-refractivity contribution in [1.29, 1.82) is 0 Å². The molecule has 0 N–H and O–H groups in total. The zero-order chi connectivity index (χ0) is 16.4. The van der Waals surface area contributed by atoms with Crippen molar-refractivity contribution >= 4 is 0 Å². The second-order valence-corrected chi connectivity index (χ2v) is 6.55. The summed E-state index contributed by atoms with van der Waals surface area (Å²) in [6.07, 6.45) is 0. The van der Waals surface area contributed by atoms with Crippen molar-refractivity contribution in [2.45, 2.75) is 40.2 Å². The van der Waals surface area contributed by atoms with Crippen molar-refractivity contribution in [3.63, 3.8) is 0 Å². The minimum absolute atomic E-state index is 0.521. The average Bonchev–Trinajstić information content (AvgIpc) is 2.75. The van der Waals surface area contributed by atoms with Gasteiger partial charge < -0.3 is 4.74 Å². The van der Waals surface area contributed by atoms with E-state index < -0.39 is 0 Å². The van der Waals surface area contributed by atoms with Crippen molar-refractivity contribution in [1.82, 2.24) is 0 Å². The standard InChI is InChI=1S/C22H24O/c1-15(2)19-11-10-16(3)20-13-22(17(4)21(20)12-19)23-14-18-8-6-5-7-9-18/h5-13,15H,14H2,1-4H3. The van der Waals surface area contributed by atoms with E-state index in [0.29, 0.717) is 12.5 Å². The molecule has 1 nitrogen and oxygen atoms in total. The van der Waals surface area contributed by atoms with E-state index in [2.05, 4.69) is 64.1 Å².